The number of aryl methyl sites for hydroxylation is 2. The van der Waals surface area contributed by atoms with Gasteiger partial charge in [-0.25, -0.2) is 14.8 Å². The lowest BCUT2D eigenvalue weighted by molar-refractivity contribution is 0.0690. The van der Waals surface area contributed by atoms with Gasteiger partial charge in [-0.2, -0.15) is 0 Å². The molecule has 2 heterocycles. The Labute approximate surface area is 109 Å². The minimum atomic E-state index is -1.17. The summed E-state index contributed by atoms with van der Waals surface area (Å²) in [6, 6.07) is 3.59. The lowest BCUT2D eigenvalue weighted by Crippen LogP contribution is -2.04. The highest BCUT2D eigenvalue weighted by Crippen LogP contribution is 2.20. The lowest BCUT2D eigenvalue weighted by atomic mass is 10.2. The van der Waals surface area contributed by atoms with Crippen molar-refractivity contribution in [3.8, 4) is 11.4 Å². The van der Waals surface area contributed by atoms with Crippen LogP contribution in [0.15, 0.2) is 18.3 Å². The molecule has 0 saturated heterocycles. The average Bonchev–Trinajstić information content (AvgIpc) is 2.27. The molecular weight excluding hydrogens is 254 g/mol. The van der Waals surface area contributed by atoms with Crippen LogP contribution in [-0.4, -0.2) is 26.0 Å². The maximum atomic E-state index is 11.0. The predicted molar refractivity (Wildman–Crippen MR) is 66.7 cm³/mol. The van der Waals surface area contributed by atoms with Crippen LogP contribution in [-0.2, 0) is 0 Å². The summed E-state index contributed by atoms with van der Waals surface area (Å²) in [6.45, 7) is 3.70. The first-order chi connectivity index (χ1) is 8.47. The number of rotatable bonds is 2. The summed E-state index contributed by atoms with van der Waals surface area (Å²) in [6.07, 6.45) is 1.29. The molecule has 0 saturated carbocycles. The van der Waals surface area contributed by atoms with Gasteiger partial charge < -0.3 is 5.11 Å². The zero-order valence-corrected chi connectivity index (χ0v) is 10.6. The van der Waals surface area contributed by atoms with Crippen molar-refractivity contribution in [2.45, 2.75) is 13.8 Å². The normalized spacial score (nSPS) is 10.4. The number of pyridine rings is 1. The van der Waals surface area contributed by atoms with Crippen LogP contribution >= 0.6 is 11.6 Å². The van der Waals surface area contributed by atoms with Crippen molar-refractivity contribution in [1.29, 1.82) is 0 Å². The number of carboxylic acid groups (broad SMARTS) is 1. The fourth-order valence-electron chi connectivity index (χ4n) is 1.62. The van der Waals surface area contributed by atoms with Crippen LogP contribution < -0.4 is 0 Å². The number of carboxylic acids is 1. The van der Waals surface area contributed by atoms with Gasteiger partial charge in [-0.15, -0.1) is 0 Å². The van der Waals surface area contributed by atoms with Crippen LogP contribution in [0.5, 0.6) is 0 Å². The van der Waals surface area contributed by atoms with Gasteiger partial charge in [0.2, 0.25) is 0 Å². The van der Waals surface area contributed by atoms with Crippen molar-refractivity contribution in [2.24, 2.45) is 0 Å². The number of carbonyl (C=O) groups is 1. The van der Waals surface area contributed by atoms with Gasteiger partial charge in [0.25, 0.3) is 0 Å². The van der Waals surface area contributed by atoms with Crippen molar-refractivity contribution in [3.05, 3.63) is 40.4 Å². The van der Waals surface area contributed by atoms with E-state index in [-0.39, 0.29) is 10.7 Å². The molecule has 0 fully saturated rings. The van der Waals surface area contributed by atoms with E-state index >= 15 is 0 Å². The second kappa shape index (κ2) is 4.70. The zero-order valence-electron chi connectivity index (χ0n) is 9.81. The van der Waals surface area contributed by atoms with Crippen LogP contribution in [0.3, 0.4) is 0 Å². The Morgan fingerprint density at radius 1 is 1.22 bits per heavy atom. The molecule has 18 heavy (non-hydrogen) atoms. The molecule has 0 aliphatic carbocycles. The predicted octanol–water partition coefficient (Wildman–Crippen LogP) is 2.51. The van der Waals surface area contributed by atoms with Crippen molar-refractivity contribution >= 4 is 17.6 Å². The second-order valence-electron chi connectivity index (χ2n) is 3.83. The van der Waals surface area contributed by atoms with Crippen molar-refractivity contribution in [1.82, 2.24) is 15.0 Å². The van der Waals surface area contributed by atoms with E-state index in [2.05, 4.69) is 15.0 Å². The molecule has 0 unspecified atom stereocenters. The van der Waals surface area contributed by atoms with Gasteiger partial charge in [0.1, 0.15) is 0 Å². The second-order valence-corrected chi connectivity index (χ2v) is 4.24. The minimum absolute atomic E-state index is 0.0220. The number of hydrogen-bond donors (Lipinski definition) is 1. The molecule has 2 aromatic heterocycles. The lowest BCUT2D eigenvalue weighted by Gasteiger charge is -2.05. The molecule has 0 aliphatic heterocycles. The summed E-state index contributed by atoms with van der Waals surface area (Å²) >= 11 is 5.72. The Bertz CT molecular complexity index is 608. The van der Waals surface area contributed by atoms with Crippen molar-refractivity contribution in [2.75, 3.05) is 0 Å². The molecule has 2 rings (SSSR count). The fraction of sp³-hybridized carbons (Fsp3) is 0.167. The van der Waals surface area contributed by atoms with E-state index in [1.54, 1.807) is 12.1 Å². The Morgan fingerprint density at radius 3 is 2.39 bits per heavy atom. The first kappa shape index (κ1) is 12.4. The molecular formula is C12H10ClN3O2. The largest absolute Gasteiger partial charge is 0.476 e. The summed E-state index contributed by atoms with van der Waals surface area (Å²) in [5.74, 6) is -0.850. The first-order valence-corrected chi connectivity index (χ1v) is 5.56. The van der Waals surface area contributed by atoms with E-state index in [1.807, 2.05) is 13.8 Å². The van der Waals surface area contributed by atoms with Crippen LogP contribution in [0.2, 0.25) is 5.02 Å². The van der Waals surface area contributed by atoms with E-state index < -0.39 is 5.97 Å². The molecule has 5 nitrogen and oxygen atoms in total. The molecule has 0 aliphatic rings. The smallest absolute Gasteiger partial charge is 0.356 e. The molecule has 0 radical (unpaired) electrons. The summed E-state index contributed by atoms with van der Waals surface area (Å²) < 4.78 is 0. The highest BCUT2D eigenvalue weighted by molar-refractivity contribution is 6.33. The summed E-state index contributed by atoms with van der Waals surface area (Å²) in [5.41, 5.74) is 2.16. The Morgan fingerprint density at radius 2 is 1.83 bits per heavy atom. The van der Waals surface area contributed by atoms with E-state index in [9.17, 15) is 4.79 Å². The maximum Gasteiger partial charge on any atom is 0.356 e. The van der Waals surface area contributed by atoms with Gasteiger partial charge in [0, 0.05) is 17.0 Å². The molecule has 0 bridgehead atoms. The number of nitrogens with zero attached hydrogens (tertiary/aromatic N) is 3. The fourth-order valence-corrected chi connectivity index (χ4v) is 1.79. The van der Waals surface area contributed by atoms with Gasteiger partial charge in [-0.3, -0.25) is 4.98 Å². The average molecular weight is 264 g/mol. The van der Waals surface area contributed by atoms with E-state index in [1.165, 1.54) is 6.20 Å². The molecule has 6 heteroatoms. The van der Waals surface area contributed by atoms with Crippen LogP contribution in [0, 0.1) is 13.8 Å². The van der Waals surface area contributed by atoms with Crippen LogP contribution in [0.1, 0.15) is 21.9 Å². The summed E-state index contributed by atoms with van der Waals surface area (Å²) in [5, 5.41) is 8.98. The topological polar surface area (TPSA) is 76.0 Å². The highest BCUT2D eigenvalue weighted by atomic mass is 35.5. The van der Waals surface area contributed by atoms with E-state index in [0.29, 0.717) is 5.82 Å². The first-order valence-electron chi connectivity index (χ1n) is 5.19. The third-order valence-electron chi connectivity index (χ3n) is 2.29. The molecule has 0 aromatic carbocycles. The van der Waals surface area contributed by atoms with E-state index in [4.69, 9.17) is 16.7 Å². The Hall–Kier alpha value is -2.01. The molecule has 2 aromatic rings. The highest BCUT2D eigenvalue weighted by Gasteiger charge is 2.13. The summed E-state index contributed by atoms with van der Waals surface area (Å²) in [7, 11) is 0. The quantitative estimate of drug-likeness (QED) is 0.901. The van der Waals surface area contributed by atoms with Crippen LogP contribution in [0.4, 0.5) is 0 Å². The number of aromatic carboxylic acids is 1. The number of aromatic nitrogens is 3. The zero-order chi connectivity index (χ0) is 13.3. The van der Waals surface area contributed by atoms with Crippen molar-refractivity contribution < 1.29 is 9.90 Å². The third kappa shape index (κ3) is 2.46. The van der Waals surface area contributed by atoms with Gasteiger partial charge >= 0.3 is 5.97 Å². The monoisotopic (exact) mass is 263 g/mol. The molecule has 0 atom stereocenters. The molecule has 92 valence electrons. The Balaban J connectivity index is 2.57. The Kier molecular flexibility index (Phi) is 3.25. The number of hydrogen-bond acceptors (Lipinski definition) is 4. The van der Waals surface area contributed by atoms with Gasteiger partial charge in [0.05, 0.1) is 11.2 Å². The SMILES string of the molecule is Cc1cc(-c2ncc(Cl)c(C(=O)O)n2)cc(C)n1. The van der Waals surface area contributed by atoms with Gasteiger partial charge in [0.15, 0.2) is 11.5 Å². The summed E-state index contributed by atoms with van der Waals surface area (Å²) in [4.78, 5) is 23.2. The maximum absolute atomic E-state index is 11.0. The van der Waals surface area contributed by atoms with Gasteiger partial charge in [-0.05, 0) is 26.0 Å². The standard InChI is InChI=1S/C12H10ClN3O2/c1-6-3-8(4-7(2)15-6)11-14-5-9(13)10(16-11)12(17)18/h3-5H,1-2H3,(H,17,18). The third-order valence-corrected chi connectivity index (χ3v) is 2.56. The minimum Gasteiger partial charge on any atom is -0.476 e. The molecule has 0 spiro atoms. The molecule has 1 N–H and O–H groups in total. The van der Waals surface area contributed by atoms with Gasteiger partial charge in [-0.1, -0.05) is 11.6 Å². The molecule has 0 amide bonds. The van der Waals surface area contributed by atoms with Crippen molar-refractivity contribution in [3.63, 3.8) is 0 Å². The van der Waals surface area contributed by atoms with E-state index in [0.717, 1.165) is 17.0 Å². The number of halogens is 1. The van der Waals surface area contributed by atoms with Crippen LogP contribution in [0.25, 0.3) is 11.4 Å².